The monoisotopic (exact) mass is 357 g/mol. The predicted molar refractivity (Wildman–Crippen MR) is 108 cm³/mol. The van der Waals surface area contributed by atoms with Crippen molar-refractivity contribution in [1.82, 2.24) is 9.13 Å². The number of fused-ring (bicyclic) bond motifs is 1. The van der Waals surface area contributed by atoms with Crippen molar-refractivity contribution in [1.29, 1.82) is 0 Å². The van der Waals surface area contributed by atoms with Gasteiger partial charge in [-0.05, 0) is 23.8 Å². The Labute approximate surface area is 156 Å². The second-order valence-corrected chi connectivity index (χ2v) is 6.38. The van der Waals surface area contributed by atoms with Gasteiger partial charge in [0.1, 0.15) is 6.54 Å². The molecule has 0 radical (unpaired) electrons. The van der Waals surface area contributed by atoms with E-state index in [-0.39, 0.29) is 18.1 Å². The van der Waals surface area contributed by atoms with Crippen molar-refractivity contribution in [2.45, 2.75) is 6.54 Å². The average Bonchev–Trinajstić information content (AvgIpc) is 2.94. The second-order valence-electron chi connectivity index (χ2n) is 6.38. The van der Waals surface area contributed by atoms with E-state index in [4.69, 9.17) is 0 Å². The molecule has 1 amide bonds. The number of benzene rings is 3. The summed E-state index contributed by atoms with van der Waals surface area (Å²) >= 11 is 0. The lowest BCUT2D eigenvalue weighted by Gasteiger charge is -2.11. The highest BCUT2D eigenvalue weighted by Crippen LogP contribution is 2.27. The van der Waals surface area contributed by atoms with Gasteiger partial charge >= 0.3 is 5.69 Å². The molecule has 0 fully saturated rings. The van der Waals surface area contributed by atoms with Gasteiger partial charge in [0.15, 0.2) is 0 Å². The highest BCUT2D eigenvalue weighted by Gasteiger charge is 2.14. The molecule has 0 aliphatic rings. The number of aromatic nitrogens is 2. The Kier molecular flexibility index (Phi) is 4.34. The van der Waals surface area contributed by atoms with Crippen LogP contribution < -0.4 is 11.0 Å². The Bertz CT molecular complexity index is 1170. The van der Waals surface area contributed by atoms with E-state index < -0.39 is 0 Å². The average molecular weight is 357 g/mol. The Balaban J connectivity index is 1.64. The van der Waals surface area contributed by atoms with Gasteiger partial charge in [0.25, 0.3) is 0 Å². The van der Waals surface area contributed by atoms with Gasteiger partial charge in [0, 0.05) is 18.3 Å². The fourth-order valence-electron chi connectivity index (χ4n) is 3.31. The number of rotatable bonds is 4. The van der Waals surface area contributed by atoms with Crippen molar-refractivity contribution in [3.63, 3.8) is 0 Å². The Morgan fingerprint density at radius 1 is 0.852 bits per heavy atom. The van der Waals surface area contributed by atoms with Gasteiger partial charge in [-0.25, -0.2) is 4.79 Å². The Morgan fingerprint density at radius 2 is 1.48 bits per heavy atom. The molecule has 3 aromatic carbocycles. The van der Waals surface area contributed by atoms with Gasteiger partial charge in [-0.2, -0.15) is 0 Å². The van der Waals surface area contributed by atoms with Crippen LogP contribution in [0.25, 0.3) is 22.2 Å². The van der Waals surface area contributed by atoms with Gasteiger partial charge in [0.2, 0.25) is 5.91 Å². The molecule has 0 spiro atoms. The number of hydrogen-bond donors (Lipinski definition) is 1. The molecule has 0 atom stereocenters. The van der Waals surface area contributed by atoms with Crippen molar-refractivity contribution in [2.24, 2.45) is 7.05 Å². The second kappa shape index (κ2) is 6.96. The number of amides is 1. The van der Waals surface area contributed by atoms with E-state index in [2.05, 4.69) is 5.32 Å². The molecule has 0 saturated heterocycles. The number of imidazole rings is 1. The Morgan fingerprint density at radius 3 is 2.26 bits per heavy atom. The molecule has 0 saturated carbocycles. The quantitative estimate of drug-likeness (QED) is 0.606. The van der Waals surface area contributed by atoms with Crippen LogP contribution in [0.15, 0.2) is 83.7 Å². The summed E-state index contributed by atoms with van der Waals surface area (Å²) < 4.78 is 3.05. The number of aryl methyl sites for hydroxylation is 1. The summed E-state index contributed by atoms with van der Waals surface area (Å²) in [4.78, 5) is 25.2. The largest absolute Gasteiger partial charge is 0.329 e. The van der Waals surface area contributed by atoms with Crippen molar-refractivity contribution in [3.05, 3.63) is 89.3 Å². The van der Waals surface area contributed by atoms with Crippen LogP contribution in [-0.2, 0) is 18.4 Å². The Hall–Kier alpha value is -3.60. The van der Waals surface area contributed by atoms with Crippen LogP contribution in [0.2, 0.25) is 0 Å². The standard InChI is InChI=1S/C22H19N3O2/c1-24-19-13-7-8-14-20(19)25(22(24)27)15-21(26)23-18-12-6-5-11-17(18)16-9-3-2-4-10-16/h2-14H,15H2,1H3,(H,23,26). The van der Waals surface area contributed by atoms with E-state index in [9.17, 15) is 9.59 Å². The SMILES string of the molecule is Cn1c(=O)n(CC(=O)Nc2ccccc2-c2ccccc2)c2ccccc21. The maximum absolute atomic E-state index is 12.7. The predicted octanol–water partition coefficient (Wildman–Crippen LogP) is 3.65. The third kappa shape index (κ3) is 3.15. The zero-order valence-corrected chi connectivity index (χ0v) is 14.9. The van der Waals surface area contributed by atoms with Crippen LogP contribution in [0.1, 0.15) is 0 Å². The van der Waals surface area contributed by atoms with Gasteiger partial charge in [-0.1, -0.05) is 60.7 Å². The van der Waals surface area contributed by atoms with E-state index in [1.165, 1.54) is 4.57 Å². The first-order valence-corrected chi connectivity index (χ1v) is 8.74. The highest BCUT2D eigenvalue weighted by molar-refractivity contribution is 5.96. The summed E-state index contributed by atoms with van der Waals surface area (Å²) in [7, 11) is 1.71. The minimum atomic E-state index is -0.239. The summed E-state index contributed by atoms with van der Waals surface area (Å²) in [6.07, 6.45) is 0. The number of carbonyl (C=O) groups excluding carboxylic acids is 1. The molecule has 1 aromatic heterocycles. The first kappa shape index (κ1) is 16.8. The van der Waals surface area contributed by atoms with E-state index >= 15 is 0 Å². The van der Waals surface area contributed by atoms with E-state index in [1.54, 1.807) is 11.6 Å². The summed E-state index contributed by atoms with van der Waals surface area (Å²) in [5, 5.41) is 2.95. The molecule has 1 N–H and O–H groups in total. The summed E-state index contributed by atoms with van der Waals surface area (Å²) in [5.74, 6) is -0.239. The van der Waals surface area contributed by atoms with Crippen LogP contribution >= 0.6 is 0 Å². The van der Waals surface area contributed by atoms with Gasteiger partial charge < -0.3 is 5.32 Å². The maximum atomic E-state index is 12.7. The minimum Gasteiger partial charge on any atom is -0.324 e. The van der Waals surface area contributed by atoms with Crippen LogP contribution in [0.4, 0.5) is 5.69 Å². The van der Waals surface area contributed by atoms with Gasteiger partial charge in [0.05, 0.1) is 11.0 Å². The van der Waals surface area contributed by atoms with Crippen molar-refractivity contribution < 1.29 is 4.79 Å². The number of hydrogen-bond acceptors (Lipinski definition) is 2. The van der Waals surface area contributed by atoms with Crippen LogP contribution in [0.3, 0.4) is 0 Å². The third-order valence-electron chi connectivity index (χ3n) is 4.64. The van der Waals surface area contributed by atoms with Gasteiger partial charge in [-0.15, -0.1) is 0 Å². The molecule has 0 unspecified atom stereocenters. The molecular formula is C22H19N3O2. The molecule has 0 bridgehead atoms. The fraction of sp³-hybridized carbons (Fsp3) is 0.0909. The highest BCUT2D eigenvalue weighted by atomic mass is 16.2. The lowest BCUT2D eigenvalue weighted by molar-refractivity contribution is -0.116. The summed E-state index contributed by atoms with van der Waals surface area (Å²) in [6, 6.07) is 25.0. The number of para-hydroxylation sites is 3. The molecule has 4 aromatic rings. The number of anilines is 1. The lowest BCUT2D eigenvalue weighted by atomic mass is 10.0. The molecular weight excluding hydrogens is 338 g/mol. The fourth-order valence-corrected chi connectivity index (χ4v) is 3.31. The topological polar surface area (TPSA) is 56.0 Å². The van der Waals surface area contributed by atoms with Crippen molar-refractivity contribution in [3.8, 4) is 11.1 Å². The zero-order chi connectivity index (χ0) is 18.8. The van der Waals surface area contributed by atoms with Crippen molar-refractivity contribution in [2.75, 3.05) is 5.32 Å². The number of carbonyl (C=O) groups is 1. The first-order valence-electron chi connectivity index (χ1n) is 8.74. The first-order chi connectivity index (χ1) is 13.1. The minimum absolute atomic E-state index is 0.0384. The molecule has 5 heteroatoms. The van der Waals surface area contributed by atoms with Crippen LogP contribution in [0.5, 0.6) is 0 Å². The summed E-state index contributed by atoms with van der Waals surface area (Å²) in [6.45, 7) is -0.0384. The summed E-state index contributed by atoms with van der Waals surface area (Å²) in [5.41, 5.74) is 4.04. The third-order valence-corrected chi connectivity index (χ3v) is 4.64. The van der Waals surface area contributed by atoms with Crippen LogP contribution in [-0.4, -0.2) is 15.0 Å². The van der Waals surface area contributed by atoms with Gasteiger partial charge in [-0.3, -0.25) is 13.9 Å². The molecule has 4 rings (SSSR count). The number of nitrogens with one attached hydrogen (secondary N) is 1. The zero-order valence-electron chi connectivity index (χ0n) is 14.9. The van der Waals surface area contributed by atoms with E-state index in [1.807, 2.05) is 78.9 Å². The molecule has 5 nitrogen and oxygen atoms in total. The van der Waals surface area contributed by atoms with E-state index in [0.717, 1.165) is 27.8 Å². The molecule has 0 aliphatic carbocycles. The normalized spacial score (nSPS) is 10.9. The maximum Gasteiger partial charge on any atom is 0.329 e. The molecule has 27 heavy (non-hydrogen) atoms. The van der Waals surface area contributed by atoms with Crippen molar-refractivity contribution >= 4 is 22.6 Å². The van der Waals surface area contributed by atoms with E-state index in [0.29, 0.717) is 0 Å². The smallest absolute Gasteiger partial charge is 0.324 e. The molecule has 0 aliphatic heterocycles. The molecule has 1 heterocycles. The lowest BCUT2D eigenvalue weighted by Crippen LogP contribution is -2.28. The number of nitrogens with zero attached hydrogens (tertiary/aromatic N) is 2. The molecule has 134 valence electrons. The van der Waals surface area contributed by atoms with Crippen LogP contribution in [0, 0.1) is 0 Å².